The number of nitrogens with zero attached hydrogens (tertiary/aromatic N) is 1. The molecule has 1 unspecified atom stereocenters. The van der Waals surface area contributed by atoms with E-state index in [2.05, 4.69) is 59.0 Å². The monoisotopic (exact) mass is 289 g/mol. The molecular formula is C15H16BrN. The van der Waals surface area contributed by atoms with Gasteiger partial charge in [0.1, 0.15) is 0 Å². The van der Waals surface area contributed by atoms with E-state index in [1.165, 1.54) is 16.7 Å². The predicted molar refractivity (Wildman–Crippen MR) is 75.5 cm³/mol. The fraction of sp³-hybridized carbons (Fsp3) is 0.267. The minimum absolute atomic E-state index is 0.330. The highest BCUT2D eigenvalue weighted by Gasteiger charge is 2.09. The first kappa shape index (κ1) is 12.3. The first-order valence-corrected chi connectivity index (χ1v) is 6.69. The molecule has 2 aromatic rings. The SMILES string of the molecule is Cc1cc(C)cc(C(Br)Cc2ccccn2)c1. The molecule has 1 nitrogen and oxygen atoms in total. The maximum Gasteiger partial charge on any atom is 0.0450 e. The third-order valence-electron chi connectivity index (χ3n) is 2.72. The maximum atomic E-state index is 4.36. The first-order valence-electron chi connectivity index (χ1n) is 5.77. The second-order valence-electron chi connectivity index (χ2n) is 4.41. The lowest BCUT2D eigenvalue weighted by molar-refractivity contribution is 0.902. The molecule has 0 bridgehead atoms. The summed E-state index contributed by atoms with van der Waals surface area (Å²) < 4.78 is 0. The van der Waals surface area contributed by atoms with Crippen LogP contribution in [0.5, 0.6) is 0 Å². The smallest absolute Gasteiger partial charge is 0.0450 e. The Labute approximate surface area is 111 Å². The Bertz CT molecular complexity index is 473. The van der Waals surface area contributed by atoms with Crippen molar-refractivity contribution in [3.8, 4) is 0 Å². The number of hydrogen-bond acceptors (Lipinski definition) is 1. The van der Waals surface area contributed by atoms with Gasteiger partial charge in [-0.25, -0.2) is 0 Å². The summed E-state index contributed by atoms with van der Waals surface area (Å²) in [7, 11) is 0. The standard InChI is InChI=1S/C15H16BrN/c1-11-7-12(2)9-13(8-11)15(16)10-14-5-3-4-6-17-14/h3-9,15H,10H2,1-2H3. The van der Waals surface area contributed by atoms with E-state index in [1.54, 1.807) is 0 Å². The van der Waals surface area contributed by atoms with Gasteiger partial charge in [0.2, 0.25) is 0 Å². The summed E-state index contributed by atoms with van der Waals surface area (Å²) in [6, 6.07) is 12.7. The van der Waals surface area contributed by atoms with E-state index in [0.29, 0.717) is 4.83 Å². The zero-order chi connectivity index (χ0) is 12.3. The quantitative estimate of drug-likeness (QED) is 0.765. The highest BCUT2D eigenvalue weighted by molar-refractivity contribution is 9.09. The van der Waals surface area contributed by atoms with Gasteiger partial charge < -0.3 is 0 Å². The minimum Gasteiger partial charge on any atom is -0.261 e. The molecule has 0 fully saturated rings. The molecule has 88 valence electrons. The normalized spacial score (nSPS) is 12.4. The number of aryl methyl sites for hydroxylation is 2. The third-order valence-corrected chi connectivity index (χ3v) is 3.57. The predicted octanol–water partition coefficient (Wildman–Crippen LogP) is 4.38. The summed E-state index contributed by atoms with van der Waals surface area (Å²) in [6.45, 7) is 4.27. The molecule has 0 aliphatic heterocycles. The number of aromatic nitrogens is 1. The van der Waals surface area contributed by atoms with Crippen LogP contribution in [0.3, 0.4) is 0 Å². The molecule has 0 saturated heterocycles. The molecule has 0 N–H and O–H groups in total. The van der Waals surface area contributed by atoms with E-state index < -0.39 is 0 Å². The van der Waals surface area contributed by atoms with Gasteiger partial charge in [0.25, 0.3) is 0 Å². The van der Waals surface area contributed by atoms with Crippen molar-refractivity contribution < 1.29 is 0 Å². The van der Waals surface area contributed by atoms with Crippen LogP contribution in [0.25, 0.3) is 0 Å². The zero-order valence-electron chi connectivity index (χ0n) is 10.2. The molecular weight excluding hydrogens is 274 g/mol. The summed E-state index contributed by atoms with van der Waals surface area (Å²) in [5, 5.41) is 0. The lowest BCUT2D eigenvalue weighted by Gasteiger charge is -2.11. The second kappa shape index (κ2) is 5.46. The van der Waals surface area contributed by atoms with Crippen molar-refractivity contribution in [2.24, 2.45) is 0 Å². The fourth-order valence-electron chi connectivity index (χ4n) is 2.01. The highest BCUT2D eigenvalue weighted by atomic mass is 79.9. The van der Waals surface area contributed by atoms with Gasteiger partial charge in [0.15, 0.2) is 0 Å². The van der Waals surface area contributed by atoms with Gasteiger partial charge in [-0.1, -0.05) is 51.3 Å². The molecule has 0 saturated carbocycles. The molecule has 0 amide bonds. The van der Waals surface area contributed by atoms with Crippen molar-refractivity contribution in [1.29, 1.82) is 0 Å². The molecule has 0 radical (unpaired) electrons. The molecule has 1 heterocycles. The van der Waals surface area contributed by atoms with E-state index in [4.69, 9.17) is 0 Å². The lowest BCUT2D eigenvalue weighted by atomic mass is 10.0. The summed E-state index contributed by atoms with van der Waals surface area (Å²) >= 11 is 3.75. The molecule has 1 aromatic heterocycles. The first-order chi connectivity index (χ1) is 8.15. The van der Waals surface area contributed by atoms with Crippen LogP contribution in [0.4, 0.5) is 0 Å². The van der Waals surface area contributed by atoms with Crippen molar-refractivity contribution in [2.75, 3.05) is 0 Å². The van der Waals surface area contributed by atoms with Gasteiger partial charge in [-0.05, 0) is 31.5 Å². The van der Waals surface area contributed by atoms with Gasteiger partial charge in [-0.2, -0.15) is 0 Å². The van der Waals surface area contributed by atoms with Crippen LogP contribution in [0.1, 0.15) is 27.2 Å². The number of pyridine rings is 1. The Kier molecular flexibility index (Phi) is 3.95. The second-order valence-corrected chi connectivity index (χ2v) is 5.52. The Balaban J connectivity index is 2.17. The Morgan fingerprint density at radius 3 is 2.41 bits per heavy atom. The summed E-state index contributed by atoms with van der Waals surface area (Å²) in [5.74, 6) is 0. The Morgan fingerprint density at radius 2 is 1.82 bits per heavy atom. The maximum absolute atomic E-state index is 4.36. The van der Waals surface area contributed by atoms with Crippen LogP contribution in [-0.4, -0.2) is 4.98 Å². The lowest BCUT2D eigenvalue weighted by Crippen LogP contribution is -1.98. The Hall–Kier alpha value is -1.15. The van der Waals surface area contributed by atoms with Crippen LogP contribution in [0, 0.1) is 13.8 Å². The van der Waals surface area contributed by atoms with Gasteiger partial charge >= 0.3 is 0 Å². The molecule has 0 spiro atoms. The molecule has 0 aliphatic rings. The average Bonchev–Trinajstić information content (AvgIpc) is 2.29. The van der Waals surface area contributed by atoms with Crippen molar-refractivity contribution in [2.45, 2.75) is 25.1 Å². The molecule has 1 aromatic carbocycles. The van der Waals surface area contributed by atoms with Gasteiger partial charge in [-0.3, -0.25) is 4.98 Å². The zero-order valence-corrected chi connectivity index (χ0v) is 11.7. The van der Waals surface area contributed by atoms with Crippen molar-refractivity contribution in [3.63, 3.8) is 0 Å². The number of rotatable bonds is 3. The van der Waals surface area contributed by atoms with Crippen LogP contribution in [0.15, 0.2) is 42.6 Å². The fourth-order valence-corrected chi connectivity index (χ4v) is 2.61. The number of hydrogen-bond donors (Lipinski definition) is 0. The van der Waals surface area contributed by atoms with Crippen molar-refractivity contribution >= 4 is 15.9 Å². The number of halogens is 1. The van der Waals surface area contributed by atoms with Crippen LogP contribution in [-0.2, 0) is 6.42 Å². The summed E-state index contributed by atoms with van der Waals surface area (Å²) in [5.41, 5.74) is 5.07. The number of benzene rings is 1. The van der Waals surface area contributed by atoms with E-state index in [-0.39, 0.29) is 0 Å². The topological polar surface area (TPSA) is 12.9 Å². The molecule has 2 heteroatoms. The van der Waals surface area contributed by atoms with Gasteiger partial charge in [0.05, 0.1) is 0 Å². The van der Waals surface area contributed by atoms with Gasteiger partial charge in [0, 0.05) is 23.1 Å². The molecule has 17 heavy (non-hydrogen) atoms. The van der Waals surface area contributed by atoms with E-state index in [9.17, 15) is 0 Å². The number of alkyl halides is 1. The summed E-state index contributed by atoms with van der Waals surface area (Å²) in [6.07, 6.45) is 2.76. The molecule has 1 atom stereocenters. The van der Waals surface area contributed by atoms with Crippen molar-refractivity contribution in [1.82, 2.24) is 4.98 Å². The third kappa shape index (κ3) is 3.40. The van der Waals surface area contributed by atoms with E-state index in [1.807, 2.05) is 18.3 Å². The van der Waals surface area contributed by atoms with Crippen molar-refractivity contribution in [3.05, 3.63) is 65.0 Å². The molecule has 0 aliphatic carbocycles. The van der Waals surface area contributed by atoms with Crippen LogP contribution in [0.2, 0.25) is 0 Å². The average molecular weight is 290 g/mol. The minimum atomic E-state index is 0.330. The van der Waals surface area contributed by atoms with E-state index in [0.717, 1.165) is 12.1 Å². The molecule has 2 rings (SSSR count). The van der Waals surface area contributed by atoms with Gasteiger partial charge in [-0.15, -0.1) is 0 Å². The summed E-state index contributed by atoms with van der Waals surface area (Å²) in [4.78, 5) is 4.69. The largest absolute Gasteiger partial charge is 0.261 e. The highest BCUT2D eigenvalue weighted by Crippen LogP contribution is 2.27. The van der Waals surface area contributed by atoms with E-state index >= 15 is 0 Å². The van der Waals surface area contributed by atoms with Crippen LogP contribution < -0.4 is 0 Å². The Morgan fingerprint density at radius 1 is 1.12 bits per heavy atom. The van der Waals surface area contributed by atoms with Crippen LogP contribution >= 0.6 is 15.9 Å².